The molecule has 2 rings (SSSR count). The van der Waals surface area contributed by atoms with Gasteiger partial charge in [0, 0.05) is 34.5 Å². The van der Waals surface area contributed by atoms with Gasteiger partial charge in [0.2, 0.25) is 0 Å². The van der Waals surface area contributed by atoms with E-state index in [0.717, 1.165) is 22.6 Å². The first-order chi connectivity index (χ1) is 9.20. The van der Waals surface area contributed by atoms with Gasteiger partial charge in [0.25, 0.3) is 0 Å². The summed E-state index contributed by atoms with van der Waals surface area (Å²) in [7, 11) is 0. The largest absolute Gasteiger partial charge is 0.295 e. The van der Waals surface area contributed by atoms with Crippen molar-refractivity contribution in [1.82, 2.24) is 4.90 Å². The van der Waals surface area contributed by atoms with Crippen LogP contribution in [0.3, 0.4) is 0 Å². The Kier molecular flexibility index (Phi) is 6.48. The molecule has 1 nitrogen and oxygen atoms in total. The van der Waals surface area contributed by atoms with Crippen LogP contribution in [-0.2, 0) is 6.54 Å². The number of hydrogen-bond acceptors (Lipinski definition) is 1. The van der Waals surface area contributed by atoms with E-state index < -0.39 is 0 Å². The van der Waals surface area contributed by atoms with Crippen LogP contribution in [-0.4, -0.2) is 23.4 Å². The summed E-state index contributed by atoms with van der Waals surface area (Å²) < 4.78 is 1.03. The van der Waals surface area contributed by atoms with Crippen molar-refractivity contribution in [2.45, 2.75) is 44.7 Å². The fourth-order valence-corrected chi connectivity index (χ4v) is 3.76. The quantitative estimate of drug-likeness (QED) is 0.625. The van der Waals surface area contributed by atoms with Gasteiger partial charge < -0.3 is 0 Å². The van der Waals surface area contributed by atoms with Gasteiger partial charge in [-0.1, -0.05) is 52.9 Å². The van der Waals surface area contributed by atoms with Gasteiger partial charge in [-0.05, 0) is 30.5 Å². The molecule has 0 radical (unpaired) electrons. The summed E-state index contributed by atoms with van der Waals surface area (Å²) in [6.07, 6.45) is 6.66. The molecule has 106 valence electrons. The molecule has 0 amide bonds. The second-order valence-corrected chi connectivity index (χ2v) is 6.89. The lowest BCUT2D eigenvalue weighted by Gasteiger charge is -2.34. The molecule has 0 saturated heterocycles. The molecular weight excluding hydrogens is 345 g/mol. The van der Waals surface area contributed by atoms with Gasteiger partial charge in [0.15, 0.2) is 0 Å². The summed E-state index contributed by atoms with van der Waals surface area (Å²) in [5.41, 5.74) is 1.19. The fraction of sp³-hybridized carbons (Fsp3) is 0.600. The molecule has 0 atom stereocenters. The molecule has 1 aromatic carbocycles. The molecule has 1 aromatic rings. The van der Waals surface area contributed by atoms with Crippen LogP contribution in [0.1, 0.15) is 37.7 Å². The molecule has 1 aliphatic carbocycles. The number of rotatable bonds is 5. The van der Waals surface area contributed by atoms with Crippen molar-refractivity contribution in [3.63, 3.8) is 0 Å². The Morgan fingerprint density at radius 3 is 2.58 bits per heavy atom. The summed E-state index contributed by atoms with van der Waals surface area (Å²) in [6, 6.07) is 6.81. The second kappa shape index (κ2) is 7.87. The van der Waals surface area contributed by atoms with Crippen molar-refractivity contribution in [3.8, 4) is 0 Å². The van der Waals surface area contributed by atoms with Crippen LogP contribution in [0.15, 0.2) is 22.7 Å². The zero-order chi connectivity index (χ0) is 13.7. The average Bonchev–Trinajstić information content (AvgIpc) is 2.42. The lowest BCUT2D eigenvalue weighted by atomic mass is 9.94. The van der Waals surface area contributed by atoms with E-state index in [0.29, 0.717) is 11.9 Å². The van der Waals surface area contributed by atoms with Gasteiger partial charge >= 0.3 is 0 Å². The van der Waals surface area contributed by atoms with E-state index in [9.17, 15) is 0 Å². The number of halogens is 3. The van der Waals surface area contributed by atoms with E-state index in [1.54, 1.807) is 0 Å². The Balaban J connectivity index is 2.06. The normalized spacial score (nSPS) is 17.1. The molecule has 0 bridgehead atoms. The van der Waals surface area contributed by atoms with E-state index in [-0.39, 0.29) is 0 Å². The molecule has 0 aromatic heterocycles. The van der Waals surface area contributed by atoms with E-state index >= 15 is 0 Å². The maximum absolute atomic E-state index is 6.32. The zero-order valence-electron chi connectivity index (χ0n) is 11.0. The Labute approximate surface area is 134 Å². The minimum Gasteiger partial charge on any atom is -0.295 e. The third kappa shape index (κ3) is 4.63. The van der Waals surface area contributed by atoms with Gasteiger partial charge in [0.05, 0.1) is 0 Å². The van der Waals surface area contributed by atoms with Crippen LogP contribution < -0.4 is 0 Å². The summed E-state index contributed by atoms with van der Waals surface area (Å²) in [5.74, 6) is 0.685. The van der Waals surface area contributed by atoms with Crippen molar-refractivity contribution < 1.29 is 0 Å². The second-order valence-electron chi connectivity index (χ2n) is 5.19. The standard InChI is InChI=1S/C15H20BrCl2N/c16-13-7-6-12(15(18)10-13)11-19(9-8-17)14-4-2-1-3-5-14/h6-7,10,14H,1-5,8-9,11H2. The monoisotopic (exact) mass is 363 g/mol. The summed E-state index contributed by atoms with van der Waals surface area (Å²) >= 11 is 15.7. The van der Waals surface area contributed by atoms with Gasteiger partial charge in [-0.15, -0.1) is 11.6 Å². The van der Waals surface area contributed by atoms with E-state index in [1.165, 1.54) is 37.7 Å². The van der Waals surface area contributed by atoms with Crippen LogP contribution in [0.5, 0.6) is 0 Å². The third-order valence-corrected chi connectivity index (χ3v) is 4.87. The molecular formula is C15H20BrCl2N. The van der Waals surface area contributed by atoms with Crippen molar-refractivity contribution >= 4 is 39.1 Å². The van der Waals surface area contributed by atoms with Crippen LogP contribution in [0.25, 0.3) is 0 Å². The van der Waals surface area contributed by atoms with Gasteiger partial charge in [-0.3, -0.25) is 4.90 Å². The molecule has 0 unspecified atom stereocenters. The van der Waals surface area contributed by atoms with Crippen LogP contribution >= 0.6 is 39.1 Å². The van der Waals surface area contributed by atoms with Gasteiger partial charge in [0.1, 0.15) is 0 Å². The molecule has 0 heterocycles. The molecule has 0 aliphatic heterocycles. The highest BCUT2D eigenvalue weighted by atomic mass is 79.9. The Bertz CT molecular complexity index is 405. The highest BCUT2D eigenvalue weighted by Crippen LogP contribution is 2.27. The lowest BCUT2D eigenvalue weighted by Crippen LogP contribution is -2.37. The topological polar surface area (TPSA) is 3.24 Å². The molecule has 0 N–H and O–H groups in total. The van der Waals surface area contributed by atoms with Crippen molar-refractivity contribution in [2.24, 2.45) is 0 Å². The molecule has 1 saturated carbocycles. The summed E-state index contributed by atoms with van der Waals surface area (Å²) in [4.78, 5) is 2.50. The SMILES string of the molecule is ClCCN(Cc1ccc(Br)cc1Cl)C1CCCCC1. The first-order valence-corrected chi connectivity index (χ1v) is 8.65. The first kappa shape index (κ1) is 15.6. The van der Waals surface area contributed by atoms with Crippen molar-refractivity contribution in [3.05, 3.63) is 33.3 Å². The summed E-state index contributed by atoms with van der Waals surface area (Å²) in [6.45, 7) is 1.85. The fourth-order valence-electron chi connectivity index (χ4n) is 2.81. The van der Waals surface area contributed by atoms with Crippen molar-refractivity contribution in [1.29, 1.82) is 0 Å². The van der Waals surface area contributed by atoms with Crippen LogP contribution in [0.4, 0.5) is 0 Å². The number of nitrogens with zero attached hydrogens (tertiary/aromatic N) is 1. The van der Waals surface area contributed by atoms with E-state index in [2.05, 4.69) is 33.0 Å². The van der Waals surface area contributed by atoms with Crippen LogP contribution in [0, 0.1) is 0 Å². The minimum atomic E-state index is 0.673. The molecule has 0 spiro atoms. The highest BCUT2D eigenvalue weighted by molar-refractivity contribution is 9.10. The Morgan fingerprint density at radius 1 is 1.21 bits per heavy atom. The predicted molar refractivity (Wildman–Crippen MR) is 87.2 cm³/mol. The lowest BCUT2D eigenvalue weighted by molar-refractivity contribution is 0.157. The molecule has 19 heavy (non-hydrogen) atoms. The maximum atomic E-state index is 6.32. The van der Waals surface area contributed by atoms with E-state index in [1.807, 2.05) is 6.07 Å². The third-order valence-electron chi connectivity index (χ3n) is 3.85. The Morgan fingerprint density at radius 2 is 1.95 bits per heavy atom. The number of alkyl halides is 1. The zero-order valence-corrected chi connectivity index (χ0v) is 14.1. The average molecular weight is 365 g/mol. The van der Waals surface area contributed by atoms with Gasteiger partial charge in [-0.25, -0.2) is 0 Å². The smallest absolute Gasteiger partial charge is 0.0462 e. The number of hydrogen-bond donors (Lipinski definition) is 0. The summed E-state index contributed by atoms with van der Waals surface area (Å²) in [5, 5.41) is 0.838. The minimum absolute atomic E-state index is 0.673. The van der Waals surface area contributed by atoms with Crippen LogP contribution in [0.2, 0.25) is 5.02 Å². The van der Waals surface area contributed by atoms with E-state index in [4.69, 9.17) is 23.2 Å². The molecule has 1 aliphatic rings. The maximum Gasteiger partial charge on any atom is 0.0462 e. The molecule has 1 fully saturated rings. The van der Waals surface area contributed by atoms with Crippen molar-refractivity contribution in [2.75, 3.05) is 12.4 Å². The van der Waals surface area contributed by atoms with Gasteiger partial charge in [-0.2, -0.15) is 0 Å². The Hall–Kier alpha value is 0.240. The highest BCUT2D eigenvalue weighted by Gasteiger charge is 2.21. The molecule has 4 heteroatoms. The number of benzene rings is 1. The predicted octanol–water partition coefficient (Wildman–Crippen LogP) is 5.48. The first-order valence-electron chi connectivity index (χ1n) is 6.94.